The Hall–Kier alpha value is -2.01. The second-order valence-electron chi connectivity index (χ2n) is 5.49. The average Bonchev–Trinajstić information content (AvgIpc) is 2.86. The molecule has 1 heterocycles. The lowest BCUT2D eigenvalue weighted by atomic mass is 10.2. The van der Waals surface area contributed by atoms with Crippen LogP contribution < -0.4 is 5.32 Å². The van der Waals surface area contributed by atoms with Crippen molar-refractivity contribution in [3.05, 3.63) is 47.2 Å². The first kappa shape index (κ1) is 16.4. The van der Waals surface area contributed by atoms with E-state index in [2.05, 4.69) is 10.4 Å². The van der Waals surface area contributed by atoms with Gasteiger partial charge in [0.05, 0.1) is 11.9 Å². The number of benzene rings is 1. The molecule has 118 valence electrons. The van der Waals surface area contributed by atoms with Gasteiger partial charge in [-0.2, -0.15) is 5.10 Å². The molecule has 0 spiro atoms. The molecule has 5 nitrogen and oxygen atoms in total. The lowest BCUT2D eigenvalue weighted by Gasteiger charge is -2.21. The van der Waals surface area contributed by atoms with Crippen molar-refractivity contribution in [3.8, 4) is 0 Å². The molecule has 0 aliphatic rings. The van der Waals surface area contributed by atoms with Crippen LogP contribution in [0.25, 0.3) is 0 Å². The van der Waals surface area contributed by atoms with E-state index in [0.29, 0.717) is 18.0 Å². The number of carbonyl (C=O) groups excluding carboxylic acids is 1. The van der Waals surface area contributed by atoms with Crippen molar-refractivity contribution in [2.75, 3.05) is 12.4 Å². The molecule has 0 bridgehead atoms. The Bertz CT molecular complexity index is 641. The molecule has 2 aromatic rings. The molecule has 0 aliphatic carbocycles. The van der Waals surface area contributed by atoms with Gasteiger partial charge in [0, 0.05) is 44.3 Å². The van der Waals surface area contributed by atoms with Crippen LogP contribution in [0.3, 0.4) is 0 Å². The molecular weight excluding hydrogens is 300 g/mol. The number of anilines is 1. The largest absolute Gasteiger partial charge is 0.380 e. The Morgan fingerprint density at radius 3 is 2.82 bits per heavy atom. The van der Waals surface area contributed by atoms with Gasteiger partial charge in [0.25, 0.3) is 0 Å². The van der Waals surface area contributed by atoms with Crippen LogP contribution in [0.2, 0.25) is 5.02 Å². The van der Waals surface area contributed by atoms with Crippen LogP contribution in [0.5, 0.6) is 0 Å². The lowest BCUT2D eigenvalue weighted by molar-refractivity contribution is -0.130. The average molecular weight is 321 g/mol. The van der Waals surface area contributed by atoms with Gasteiger partial charge in [-0.3, -0.25) is 9.48 Å². The molecule has 6 heteroatoms. The smallest absolute Gasteiger partial charge is 0.224 e. The van der Waals surface area contributed by atoms with E-state index in [4.69, 9.17) is 11.6 Å². The van der Waals surface area contributed by atoms with Gasteiger partial charge < -0.3 is 10.2 Å². The maximum atomic E-state index is 12.3. The van der Waals surface area contributed by atoms with E-state index in [1.165, 1.54) is 0 Å². The zero-order valence-electron chi connectivity index (χ0n) is 13.1. The van der Waals surface area contributed by atoms with Crippen LogP contribution >= 0.6 is 11.6 Å². The molecule has 0 saturated heterocycles. The van der Waals surface area contributed by atoms with E-state index in [-0.39, 0.29) is 11.9 Å². The van der Waals surface area contributed by atoms with Crippen molar-refractivity contribution in [3.63, 3.8) is 0 Å². The van der Waals surface area contributed by atoms with Crippen molar-refractivity contribution in [1.82, 2.24) is 14.7 Å². The first-order valence-corrected chi connectivity index (χ1v) is 7.56. The second kappa shape index (κ2) is 7.31. The molecule has 1 aromatic heterocycles. The van der Waals surface area contributed by atoms with Gasteiger partial charge in [-0.25, -0.2) is 0 Å². The summed E-state index contributed by atoms with van der Waals surface area (Å²) in [6, 6.07) is 7.61. The van der Waals surface area contributed by atoms with E-state index in [0.717, 1.165) is 11.3 Å². The highest BCUT2D eigenvalue weighted by Gasteiger charge is 2.15. The predicted molar refractivity (Wildman–Crippen MR) is 88.8 cm³/mol. The van der Waals surface area contributed by atoms with Gasteiger partial charge in [0.15, 0.2) is 0 Å². The summed E-state index contributed by atoms with van der Waals surface area (Å²) < 4.78 is 1.72. The monoisotopic (exact) mass is 320 g/mol. The van der Waals surface area contributed by atoms with Crippen molar-refractivity contribution in [2.24, 2.45) is 7.05 Å². The summed E-state index contributed by atoms with van der Waals surface area (Å²) >= 11 is 6.13. The summed E-state index contributed by atoms with van der Waals surface area (Å²) in [7, 11) is 3.65. The summed E-state index contributed by atoms with van der Waals surface area (Å²) in [6.45, 7) is 2.49. The number of nitrogens with zero attached hydrogens (tertiary/aromatic N) is 3. The van der Waals surface area contributed by atoms with Crippen molar-refractivity contribution < 1.29 is 4.79 Å². The van der Waals surface area contributed by atoms with Gasteiger partial charge in [0.2, 0.25) is 5.91 Å². The minimum Gasteiger partial charge on any atom is -0.380 e. The molecule has 22 heavy (non-hydrogen) atoms. The van der Waals surface area contributed by atoms with Gasteiger partial charge in [-0.1, -0.05) is 29.8 Å². The first-order chi connectivity index (χ1) is 10.5. The molecule has 0 aliphatic heterocycles. The highest BCUT2D eigenvalue weighted by molar-refractivity contribution is 6.31. The van der Waals surface area contributed by atoms with Gasteiger partial charge in [-0.05, 0) is 18.6 Å². The van der Waals surface area contributed by atoms with Crippen molar-refractivity contribution in [1.29, 1.82) is 0 Å². The van der Waals surface area contributed by atoms with E-state index < -0.39 is 0 Å². The lowest BCUT2D eigenvalue weighted by Crippen LogP contribution is -2.31. The number of carbonyl (C=O) groups is 1. The molecule has 2 rings (SSSR count). The molecule has 0 radical (unpaired) electrons. The van der Waals surface area contributed by atoms with Crippen LogP contribution in [0.4, 0.5) is 5.69 Å². The van der Waals surface area contributed by atoms with Gasteiger partial charge in [0.1, 0.15) is 0 Å². The summed E-state index contributed by atoms with van der Waals surface area (Å²) in [5.41, 5.74) is 1.87. The van der Waals surface area contributed by atoms with Gasteiger partial charge in [-0.15, -0.1) is 0 Å². The standard InChI is InChI=1S/C16H21ClN4O/c1-12(19-14-9-18-21(3)11-14)8-16(22)20(2)10-13-6-4-5-7-15(13)17/h4-7,9,11-12,19H,8,10H2,1-3H3/t12-/m0/s1. The fraction of sp³-hybridized carbons (Fsp3) is 0.375. The molecule has 1 N–H and O–H groups in total. The number of amides is 1. The highest BCUT2D eigenvalue weighted by Crippen LogP contribution is 2.17. The minimum atomic E-state index is 0.0328. The molecule has 0 unspecified atom stereocenters. The first-order valence-electron chi connectivity index (χ1n) is 7.18. The Labute approximate surface area is 135 Å². The molecule has 0 fully saturated rings. The number of hydrogen-bond donors (Lipinski definition) is 1. The van der Waals surface area contributed by atoms with E-state index in [1.54, 1.807) is 22.8 Å². The second-order valence-corrected chi connectivity index (χ2v) is 5.90. The molecule has 1 aromatic carbocycles. The Morgan fingerprint density at radius 2 is 2.18 bits per heavy atom. The highest BCUT2D eigenvalue weighted by atomic mass is 35.5. The summed E-state index contributed by atoms with van der Waals surface area (Å²) in [5, 5.41) is 8.04. The summed E-state index contributed by atoms with van der Waals surface area (Å²) in [6.07, 6.45) is 4.04. The van der Waals surface area contributed by atoms with Crippen molar-refractivity contribution >= 4 is 23.2 Å². The fourth-order valence-corrected chi connectivity index (χ4v) is 2.41. The number of rotatable bonds is 6. The van der Waals surface area contributed by atoms with Crippen LogP contribution in [-0.4, -0.2) is 33.7 Å². The van der Waals surface area contributed by atoms with Crippen LogP contribution in [0.1, 0.15) is 18.9 Å². The van der Waals surface area contributed by atoms with Crippen LogP contribution in [0, 0.1) is 0 Å². The number of halogens is 1. The SMILES string of the molecule is C[C@@H](CC(=O)N(C)Cc1ccccc1Cl)Nc1cnn(C)c1. The number of aromatic nitrogens is 2. The number of hydrogen-bond acceptors (Lipinski definition) is 3. The normalized spacial score (nSPS) is 12.0. The maximum absolute atomic E-state index is 12.3. The van der Waals surface area contributed by atoms with Crippen LogP contribution in [-0.2, 0) is 18.4 Å². The van der Waals surface area contributed by atoms with Crippen LogP contribution in [0.15, 0.2) is 36.7 Å². The zero-order chi connectivity index (χ0) is 16.1. The maximum Gasteiger partial charge on any atom is 0.224 e. The van der Waals surface area contributed by atoms with E-state index in [1.807, 2.05) is 44.4 Å². The van der Waals surface area contributed by atoms with Gasteiger partial charge >= 0.3 is 0 Å². The topological polar surface area (TPSA) is 50.2 Å². The molecule has 1 atom stereocenters. The molecule has 0 saturated carbocycles. The third kappa shape index (κ3) is 4.49. The number of aryl methyl sites for hydroxylation is 1. The fourth-order valence-electron chi connectivity index (χ4n) is 2.22. The summed E-state index contributed by atoms with van der Waals surface area (Å²) in [4.78, 5) is 14.0. The van der Waals surface area contributed by atoms with E-state index in [9.17, 15) is 4.79 Å². The number of nitrogens with one attached hydrogen (secondary N) is 1. The quantitative estimate of drug-likeness (QED) is 0.890. The molecular formula is C16H21ClN4O. The van der Waals surface area contributed by atoms with E-state index >= 15 is 0 Å². The Balaban J connectivity index is 1.87. The Morgan fingerprint density at radius 1 is 1.45 bits per heavy atom. The van der Waals surface area contributed by atoms with Crippen molar-refractivity contribution in [2.45, 2.75) is 25.9 Å². The summed E-state index contributed by atoms with van der Waals surface area (Å²) in [5.74, 6) is 0.0730. The Kier molecular flexibility index (Phi) is 5.44. The molecule has 1 amide bonds. The third-order valence-electron chi connectivity index (χ3n) is 3.39. The predicted octanol–water partition coefficient (Wildman–Crippen LogP) is 2.92. The minimum absolute atomic E-state index is 0.0328. The zero-order valence-corrected chi connectivity index (χ0v) is 13.8. The third-order valence-corrected chi connectivity index (χ3v) is 3.76.